The third-order valence-electron chi connectivity index (χ3n) is 18.9. The van der Waals surface area contributed by atoms with E-state index < -0.39 is 34.1 Å². The van der Waals surface area contributed by atoms with Gasteiger partial charge in [-0.25, -0.2) is 0 Å². The second kappa shape index (κ2) is 17.4. The fourth-order valence-electron chi connectivity index (χ4n) is 14.9. The Bertz CT molecular complexity index is 2330. The van der Waals surface area contributed by atoms with Gasteiger partial charge in [0.1, 0.15) is 0 Å². The Kier molecular flexibility index (Phi) is 12.4. The first-order chi connectivity index (χ1) is 31.0. The molecule has 4 saturated carbocycles. The van der Waals surface area contributed by atoms with Crippen molar-refractivity contribution < 1.29 is 28.7 Å². The first-order valence-electron chi connectivity index (χ1n) is 25.5. The molecule has 4 aromatic carbocycles. The van der Waals surface area contributed by atoms with Gasteiger partial charge in [0, 0.05) is 0 Å². The number of hydrogen-bond donors (Lipinski definition) is 0. The van der Waals surface area contributed by atoms with Crippen LogP contribution in [0.4, 0.5) is 13.2 Å². The van der Waals surface area contributed by atoms with Crippen molar-refractivity contribution >= 4 is 35.1 Å². The summed E-state index contributed by atoms with van der Waals surface area (Å²) in [5.74, 6) is -0.0521. The van der Waals surface area contributed by atoms with Crippen LogP contribution >= 0.6 is 17.0 Å². The van der Waals surface area contributed by atoms with Crippen LogP contribution in [0.15, 0.2) is 96.1 Å². The molecule has 0 N–H and O–H groups in total. The van der Waals surface area contributed by atoms with E-state index in [9.17, 15) is 30.2 Å². The van der Waals surface area contributed by atoms with E-state index in [1.165, 1.54) is 131 Å². The summed E-state index contributed by atoms with van der Waals surface area (Å²) < 4.78 is 43.5. The molecule has 0 amide bonds. The van der Waals surface area contributed by atoms with Crippen molar-refractivity contribution in [2.75, 3.05) is 0 Å². The summed E-state index contributed by atoms with van der Waals surface area (Å²) >= 11 is -5.75. The van der Waals surface area contributed by atoms with E-state index in [0.717, 1.165) is 37.5 Å². The van der Waals surface area contributed by atoms with Crippen LogP contribution in [0.25, 0.3) is 34.4 Å². The number of hydrogen-bond acceptors (Lipinski definition) is 0. The number of alkyl halides is 3. The number of halogens is 5. The van der Waals surface area contributed by atoms with Gasteiger partial charge >= 0.3 is 400 Å². The quantitative estimate of drug-likeness (QED) is 0.104. The zero-order chi connectivity index (χ0) is 45.5. The Balaban J connectivity index is 1.19. The molecule has 0 heterocycles. The van der Waals surface area contributed by atoms with E-state index in [2.05, 4.69) is 131 Å². The monoisotopic (exact) mass is 1010 g/mol. The first-order valence-corrected chi connectivity index (χ1v) is 41.5. The summed E-state index contributed by atoms with van der Waals surface area (Å²) in [6, 6.07) is 31.8. The maximum atomic E-state index is 14.7. The molecule has 6 aliphatic rings. The summed E-state index contributed by atoms with van der Waals surface area (Å²) in [6.07, 6.45) is 16.5. The summed E-state index contributed by atoms with van der Waals surface area (Å²) in [7, 11) is 18.5. The van der Waals surface area contributed by atoms with E-state index in [1.54, 1.807) is 0 Å². The Labute approximate surface area is 397 Å². The molecule has 10 rings (SSSR count). The van der Waals surface area contributed by atoms with Crippen molar-refractivity contribution in [3.8, 4) is 22.3 Å². The predicted octanol–water partition coefficient (Wildman–Crippen LogP) is 18.9. The van der Waals surface area contributed by atoms with Crippen molar-refractivity contribution in [1.82, 2.24) is 0 Å². The molecule has 0 spiro atoms. The number of rotatable bonds is 15. The molecule has 7 heteroatoms. The molecule has 4 fully saturated rings. The van der Waals surface area contributed by atoms with Crippen LogP contribution in [0.3, 0.4) is 0 Å². The van der Waals surface area contributed by atoms with Gasteiger partial charge in [-0.1, -0.05) is 0 Å². The van der Waals surface area contributed by atoms with Crippen LogP contribution in [0.2, 0.25) is 12.6 Å². The minimum absolute atomic E-state index is 0.0773. The summed E-state index contributed by atoms with van der Waals surface area (Å²) in [4.78, 5) is 0. The molecule has 0 radical (unpaired) electrons. The summed E-state index contributed by atoms with van der Waals surface area (Å²) in [5, 5.41) is 0. The summed E-state index contributed by atoms with van der Waals surface area (Å²) in [5.41, 5.74) is 15.3. The molecule has 65 heavy (non-hydrogen) atoms. The van der Waals surface area contributed by atoms with Crippen LogP contribution in [0.5, 0.6) is 0 Å². The molecule has 6 aliphatic carbocycles. The van der Waals surface area contributed by atoms with Crippen LogP contribution in [0.1, 0.15) is 176 Å². The third kappa shape index (κ3) is 8.25. The average molecular weight is 1010 g/mol. The van der Waals surface area contributed by atoms with E-state index in [4.69, 9.17) is 0 Å². The van der Waals surface area contributed by atoms with Gasteiger partial charge in [0.25, 0.3) is 0 Å². The Morgan fingerprint density at radius 2 is 1.03 bits per heavy atom. The number of fused-ring (bicyclic) bond motifs is 6. The molecule has 0 nitrogen and oxygen atoms in total. The Hall–Kier alpha value is -2.17. The van der Waals surface area contributed by atoms with E-state index in [0.29, 0.717) is 11.8 Å². The van der Waals surface area contributed by atoms with Gasteiger partial charge < -0.3 is 0 Å². The number of benzene rings is 4. The molecule has 0 saturated heterocycles. The fourth-order valence-corrected chi connectivity index (χ4v) is 54.8. The molecular formula is C58H70Cl2F3SiZr. The van der Waals surface area contributed by atoms with E-state index in [1.807, 2.05) is 0 Å². The normalized spacial score (nSPS) is 28.7. The van der Waals surface area contributed by atoms with Gasteiger partial charge in [-0.15, -0.1) is 0 Å². The van der Waals surface area contributed by atoms with Crippen LogP contribution in [0, 0.1) is 22.7 Å². The van der Waals surface area contributed by atoms with Gasteiger partial charge in [0.05, 0.1) is 0 Å². The number of allylic oxidation sites excluding steroid dienone is 2. The van der Waals surface area contributed by atoms with Crippen molar-refractivity contribution in [2.45, 2.75) is 162 Å². The second-order valence-corrected chi connectivity index (χ2v) is 64.0. The third-order valence-corrected chi connectivity index (χ3v) is 69.1. The SMILES string of the molecule is CCC(C)c1ccc(-c2cccc3c2C=C(CC24CCC(CC2)C4)[CH]3[Zr]([Cl])([Cl])([CH]2C(CC34CCC(CC3)C4)=Cc3c(-c4ccc(C(C)CC)cc4)cccc32)[SiH](C)CCC(F)(F)F)cc1. The molecule has 5 unspecified atom stereocenters. The van der Waals surface area contributed by atoms with Gasteiger partial charge in [0.15, 0.2) is 0 Å². The van der Waals surface area contributed by atoms with Crippen LogP contribution in [-0.4, -0.2) is 12.1 Å². The molecule has 4 aromatic rings. The van der Waals surface area contributed by atoms with Crippen LogP contribution < -0.4 is 0 Å². The van der Waals surface area contributed by atoms with Gasteiger partial charge in [0.2, 0.25) is 0 Å². The molecule has 4 bridgehead atoms. The van der Waals surface area contributed by atoms with E-state index in [-0.39, 0.29) is 24.1 Å². The van der Waals surface area contributed by atoms with Gasteiger partial charge in [-0.05, 0) is 0 Å². The summed E-state index contributed by atoms with van der Waals surface area (Å²) in [6.45, 7) is 11.2. The first kappa shape index (κ1) is 46.6. The molecular weight excluding hydrogens is 944 g/mol. The van der Waals surface area contributed by atoms with Gasteiger partial charge in [-0.2, -0.15) is 0 Å². The zero-order valence-electron chi connectivity index (χ0n) is 39.5. The van der Waals surface area contributed by atoms with Crippen LogP contribution in [-0.2, 0) is 15.6 Å². The van der Waals surface area contributed by atoms with Crippen molar-refractivity contribution in [3.05, 3.63) is 129 Å². The zero-order valence-corrected chi connectivity index (χ0v) is 44.6. The Morgan fingerprint density at radius 3 is 1.37 bits per heavy atom. The molecule has 0 aliphatic heterocycles. The molecule has 0 aromatic heterocycles. The van der Waals surface area contributed by atoms with E-state index >= 15 is 0 Å². The minimum atomic E-state index is -5.75. The Morgan fingerprint density at radius 1 is 0.631 bits per heavy atom. The van der Waals surface area contributed by atoms with Crippen molar-refractivity contribution in [2.24, 2.45) is 22.7 Å². The van der Waals surface area contributed by atoms with Crippen molar-refractivity contribution in [3.63, 3.8) is 0 Å². The fraction of sp³-hybridized carbons (Fsp3) is 0.517. The predicted molar refractivity (Wildman–Crippen MR) is 270 cm³/mol. The standard InChI is InChI=1S/2C27H31.C4H8F3Si.2ClH.Zr/c2*1-3-19(2)22-7-9-23(10-8-22)25-6-4-5-24-15-21(16-26(24)25)18-27-13-11-20(17-27)12-14-27;1-8-3-2-4(5,6)7;;;/h2*4-10,15-16,19-20H,3,11-14,17-18H2,1-2H3;8H,2-3H2,1H3;2*1H;/q;;;;;+2/p-2. The maximum absolute atomic E-state index is 14.7. The van der Waals surface area contributed by atoms with Gasteiger partial charge in [-0.3, -0.25) is 0 Å². The average Bonchev–Trinajstić information content (AvgIpc) is 4.18. The molecule has 345 valence electrons. The molecule has 5 atom stereocenters. The van der Waals surface area contributed by atoms with Crippen molar-refractivity contribution in [1.29, 1.82) is 0 Å². The second-order valence-electron chi connectivity index (χ2n) is 22.7. The topological polar surface area (TPSA) is 0 Å².